The average molecular weight is 309 g/mol. The van der Waals surface area contributed by atoms with Crippen molar-refractivity contribution in [3.63, 3.8) is 0 Å². The molecule has 2 aromatic carbocycles. The van der Waals surface area contributed by atoms with Crippen molar-refractivity contribution < 1.29 is 14.9 Å². The maximum atomic E-state index is 9.24. The van der Waals surface area contributed by atoms with Gasteiger partial charge in [0.15, 0.2) is 0 Å². The molecule has 0 spiro atoms. The lowest BCUT2D eigenvalue weighted by Crippen LogP contribution is -1.92. The van der Waals surface area contributed by atoms with Crippen LogP contribution in [0.4, 0.5) is 0 Å². The van der Waals surface area contributed by atoms with Crippen molar-refractivity contribution in [2.45, 2.75) is 13.2 Å². The molecule has 0 aliphatic carbocycles. The fourth-order valence-corrected chi connectivity index (χ4v) is 1.88. The second kappa shape index (κ2) is 6.00. The van der Waals surface area contributed by atoms with Gasteiger partial charge in [-0.2, -0.15) is 0 Å². The van der Waals surface area contributed by atoms with Crippen molar-refractivity contribution in [2.75, 3.05) is 0 Å². The molecule has 0 unspecified atom stereocenters. The number of rotatable bonds is 4. The van der Waals surface area contributed by atoms with Gasteiger partial charge in [-0.05, 0) is 29.8 Å². The van der Waals surface area contributed by atoms with Crippen molar-refractivity contribution in [3.8, 4) is 11.5 Å². The topological polar surface area (TPSA) is 49.7 Å². The Morgan fingerprint density at radius 2 is 1.67 bits per heavy atom. The summed E-state index contributed by atoms with van der Waals surface area (Å²) in [4.78, 5) is 0. The minimum absolute atomic E-state index is 0.0130. The van der Waals surface area contributed by atoms with E-state index >= 15 is 0 Å². The van der Waals surface area contributed by atoms with E-state index in [0.29, 0.717) is 11.5 Å². The van der Waals surface area contributed by atoms with Gasteiger partial charge < -0.3 is 14.9 Å². The highest BCUT2D eigenvalue weighted by atomic mass is 79.9. The summed E-state index contributed by atoms with van der Waals surface area (Å²) in [5, 5.41) is 18.2. The van der Waals surface area contributed by atoms with Gasteiger partial charge in [0, 0.05) is 10.0 Å². The Bertz CT molecular complexity index is 523. The quantitative estimate of drug-likeness (QED) is 0.911. The predicted molar refractivity (Wildman–Crippen MR) is 72.5 cm³/mol. The van der Waals surface area contributed by atoms with Gasteiger partial charge in [0.2, 0.25) is 0 Å². The third kappa shape index (κ3) is 3.10. The van der Waals surface area contributed by atoms with Crippen LogP contribution in [0.3, 0.4) is 0 Å². The van der Waals surface area contributed by atoms with Crippen LogP contribution in [-0.4, -0.2) is 10.2 Å². The highest BCUT2D eigenvalue weighted by Crippen LogP contribution is 2.28. The Kier molecular flexibility index (Phi) is 4.36. The van der Waals surface area contributed by atoms with E-state index in [1.807, 2.05) is 18.2 Å². The van der Waals surface area contributed by atoms with Crippen molar-refractivity contribution in [1.82, 2.24) is 0 Å². The van der Waals surface area contributed by atoms with Gasteiger partial charge in [0.25, 0.3) is 0 Å². The summed E-state index contributed by atoms with van der Waals surface area (Å²) in [6.45, 7) is -0.0591. The van der Waals surface area contributed by atoms with Gasteiger partial charge in [-0.25, -0.2) is 0 Å². The van der Waals surface area contributed by atoms with Crippen LogP contribution >= 0.6 is 15.9 Å². The Morgan fingerprint density at radius 3 is 2.28 bits per heavy atom. The lowest BCUT2D eigenvalue weighted by molar-refractivity contribution is 0.276. The number of aliphatic hydroxyl groups is 2. The number of halogens is 1. The zero-order valence-corrected chi connectivity index (χ0v) is 11.2. The molecule has 0 atom stereocenters. The van der Waals surface area contributed by atoms with Crippen molar-refractivity contribution in [2.24, 2.45) is 0 Å². The van der Waals surface area contributed by atoms with E-state index in [-0.39, 0.29) is 13.2 Å². The van der Waals surface area contributed by atoms with Crippen LogP contribution in [0.1, 0.15) is 11.1 Å². The number of hydrogen-bond donors (Lipinski definition) is 2. The van der Waals surface area contributed by atoms with Gasteiger partial charge >= 0.3 is 0 Å². The third-order valence-corrected chi connectivity index (χ3v) is 3.03. The number of benzene rings is 2. The molecular weight excluding hydrogens is 296 g/mol. The van der Waals surface area contributed by atoms with Crippen LogP contribution < -0.4 is 4.74 Å². The first-order valence-electron chi connectivity index (χ1n) is 5.50. The van der Waals surface area contributed by atoms with Gasteiger partial charge in [-0.1, -0.05) is 34.1 Å². The summed E-state index contributed by atoms with van der Waals surface area (Å²) in [6.07, 6.45) is 0. The number of hydrogen-bond acceptors (Lipinski definition) is 3. The van der Waals surface area contributed by atoms with Gasteiger partial charge in [-0.15, -0.1) is 0 Å². The first-order chi connectivity index (χ1) is 8.72. The standard InChI is InChI=1S/C14H13BrO3/c15-12-4-3-11(9-17)14(7-12)18-13-5-1-10(8-16)2-6-13/h1-7,16-17H,8-9H2. The van der Waals surface area contributed by atoms with Crippen molar-refractivity contribution >= 4 is 15.9 Å². The molecule has 18 heavy (non-hydrogen) atoms. The first-order valence-corrected chi connectivity index (χ1v) is 6.29. The maximum Gasteiger partial charge on any atom is 0.134 e. The van der Waals surface area contributed by atoms with Gasteiger partial charge in [0.1, 0.15) is 11.5 Å². The molecule has 0 aliphatic heterocycles. The number of ether oxygens (including phenoxy) is 1. The van der Waals surface area contributed by atoms with Crippen LogP contribution in [0.25, 0.3) is 0 Å². The predicted octanol–water partition coefficient (Wildman–Crippen LogP) is 3.23. The fourth-order valence-electron chi connectivity index (χ4n) is 1.54. The summed E-state index contributed by atoms with van der Waals surface area (Å²) in [7, 11) is 0. The van der Waals surface area contributed by atoms with E-state index in [1.165, 1.54) is 0 Å². The highest BCUT2D eigenvalue weighted by molar-refractivity contribution is 9.10. The third-order valence-electron chi connectivity index (χ3n) is 2.53. The summed E-state index contributed by atoms with van der Waals surface area (Å²) in [5.41, 5.74) is 1.56. The molecule has 2 rings (SSSR count). The van der Waals surface area contributed by atoms with E-state index in [9.17, 15) is 5.11 Å². The van der Waals surface area contributed by atoms with Gasteiger partial charge in [0.05, 0.1) is 13.2 Å². The summed E-state index contributed by atoms with van der Waals surface area (Å²) in [6, 6.07) is 12.6. The minimum Gasteiger partial charge on any atom is -0.457 e. The molecule has 94 valence electrons. The zero-order chi connectivity index (χ0) is 13.0. The molecule has 0 aliphatic rings. The largest absolute Gasteiger partial charge is 0.457 e. The molecule has 0 amide bonds. The molecule has 0 aromatic heterocycles. The van der Waals surface area contributed by atoms with Gasteiger partial charge in [-0.3, -0.25) is 0 Å². The van der Waals surface area contributed by atoms with E-state index in [4.69, 9.17) is 9.84 Å². The molecule has 0 saturated carbocycles. The Hall–Kier alpha value is -1.36. The SMILES string of the molecule is OCc1ccc(Oc2cc(Br)ccc2CO)cc1. The van der Waals surface area contributed by atoms with E-state index < -0.39 is 0 Å². The van der Waals surface area contributed by atoms with Crippen molar-refractivity contribution in [3.05, 3.63) is 58.1 Å². The minimum atomic E-state index is -0.0721. The zero-order valence-electron chi connectivity index (χ0n) is 9.64. The van der Waals surface area contributed by atoms with E-state index in [0.717, 1.165) is 15.6 Å². The van der Waals surface area contributed by atoms with Crippen LogP contribution in [0.2, 0.25) is 0 Å². The summed E-state index contributed by atoms with van der Waals surface area (Å²) < 4.78 is 6.60. The lowest BCUT2D eigenvalue weighted by atomic mass is 10.2. The Labute approximate surface area is 114 Å². The molecule has 0 bridgehead atoms. The molecule has 0 heterocycles. The van der Waals surface area contributed by atoms with Crippen molar-refractivity contribution in [1.29, 1.82) is 0 Å². The molecular formula is C14H13BrO3. The Morgan fingerprint density at radius 1 is 0.944 bits per heavy atom. The second-order valence-electron chi connectivity index (χ2n) is 3.81. The van der Waals surface area contributed by atoms with E-state index in [1.54, 1.807) is 24.3 Å². The van der Waals surface area contributed by atoms with Crippen LogP contribution in [0.5, 0.6) is 11.5 Å². The summed E-state index contributed by atoms with van der Waals surface area (Å²) >= 11 is 3.37. The van der Waals surface area contributed by atoms with Crippen LogP contribution in [0, 0.1) is 0 Å². The molecule has 2 aromatic rings. The molecule has 0 radical (unpaired) electrons. The average Bonchev–Trinajstić information content (AvgIpc) is 2.40. The molecule has 4 heteroatoms. The summed E-state index contributed by atoms with van der Waals surface area (Å²) in [5.74, 6) is 1.28. The first kappa shape index (κ1) is 13.1. The molecule has 0 fully saturated rings. The Balaban J connectivity index is 2.24. The molecule has 2 N–H and O–H groups in total. The lowest BCUT2D eigenvalue weighted by Gasteiger charge is -2.10. The maximum absolute atomic E-state index is 9.24. The fraction of sp³-hybridized carbons (Fsp3) is 0.143. The molecule has 0 saturated heterocycles. The smallest absolute Gasteiger partial charge is 0.134 e. The normalized spacial score (nSPS) is 10.4. The van der Waals surface area contributed by atoms with Crippen LogP contribution in [-0.2, 0) is 13.2 Å². The second-order valence-corrected chi connectivity index (χ2v) is 4.73. The number of aliphatic hydroxyl groups excluding tert-OH is 2. The van der Waals surface area contributed by atoms with Crippen LogP contribution in [0.15, 0.2) is 46.9 Å². The van der Waals surface area contributed by atoms with E-state index in [2.05, 4.69) is 15.9 Å². The monoisotopic (exact) mass is 308 g/mol. The highest BCUT2D eigenvalue weighted by Gasteiger charge is 2.05. The molecule has 3 nitrogen and oxygen atoms in total.